The van der Waals surface area contributed by atoms with E-state index in [1.807, 2.05) is 0 Å². The van der Waals surface area contributed by atoms with Gasteiger partial charge in [0.1, 0.15) is 0 Å². The van der Waals surface area contributed by atoms with Crippen LogP contribution in [0.5, 0.6) is 0 Å². The Morgan fingerprint density at radius 1 is 1.12 bits per heavy atom. The van der Waals surface area contributed by atoms with Gasteiger partial charge in [0, 0.05) is 53.0 Å². The summed E-state index contributed by atoms with van der Waals surface area (Å²) in [5.74, 6) is 0. The maximum Gasteiger partial charge on any atom is 0.0594 e. The fraction of sp³-hybridized carbons (Fsp3) is 1.00. The van der Waals surface area contributed by atoms with Gasteiger partial charge in [-0.15, -0.1) is 0 Å². The fourth-order valence-corrected chi connectivity index (χ4v) is 1.74. The molecule has 0 bridgehead atoms. The third-order valence-corrected chi connectivity index (χ3v) is 2.77. The summed E-state index contributed by atoms with van der Waals surface area (Å²) in [5.41, 5.74) is 0. The maximum atomic E-state index is 5.45. The van der Waals surface area contributed by atoms with Crippen molar-refractivity contribution >= 4 is 0 Å². The van der Waals surface area contributed by atoms with E-state index >= 15 is 0 Å². The Balaban J connectivity index is 1.75. The molecule has 0 saturated carbocycles. The third-order valence-electron chi connectivity index (χ3n) is 2.77. The van der Waals surface area contributed by atoms with Gasteiger partial charge in [-0.25, -0.2) is 0 Å². The van der Waals surface area contributed by atoms with E-state index in [-0.39, 0.29) is 0 Å². The van der Waals surface area contributed by atoms with E-state index in [0.29, 0.717) is 0 Å². The lowest BCUT2D eigenvalue weighted by atomic mass is 10.4. The van der Waals surface area contributed by atoms with Gasteiger partial charge in [0.05, 0.1) is 19.8 Å². The van der Waals surface area contributed by atoms with Crippen LogP contribution in [0.1, 0.15) is 6.42 Å². The van der Waals surface area contributed by atoms with Crippen molar-refractivity contribution in [1.82, 2.24) is 10.2 Å². The Morgan fingerprint density at radius 3 is 2.71 bits per heavy atom. The second-order valence-corrected chi connectivity index (χ2v) is 4.16. The summed E-state index contributed by atoms with van der Waals surface area (Å²) in [7, 11) is 1.72. The lowest BCUT2D eigenvalue weighted by Gasteiger charge is -2.26. The number of nitrogens with one attached hydrogen (secondary N) is 1. The first-order valence-corrected chi connectivity index (χ1v) is 6.51. The molecular formula is C12H26N2O3. The van der Waals surface area contributed by atoms with Crippen molar-refractivity contribution in [3.05, 3.63) is 0 Å². The van der Waals surface area contributed by atoms with Crippen molar-refractivity contribution in [1.29, 1.82) is 0 Å². The Kier molecular flexibility index (Phi) is 9.55. The predicted octanol–water partition coefficient (Wildman–Crippen LogP) is -0.0387. The van der Waals surface area contributed by atoms with Crippen molar-refractivity contribution in [2.45, 2.75) is 6.42 Å². The monoisotopic (exact) mass is 246 g/mol. The summed E-state index contributed by atoms with van der Waals surface area (Å²) in [6.07, 6.45) is 0.976. The zero-order valence-electron chi connectivity index (χ0n) is 11.0. The first-order valence-electron chi connectivity index (χ1n) is 6.51. The molecule has 1 fully saturated rings. The second-order valence-electron chi connectivity index (χ2n) is 4.16. The molecule has 0 aliphatic carbocycles. The second kappa shape index (κ2) is 10.9. The van der Waals surface area contributed by atoms with Crippen LogP contribution in [0.15, 0.2) is 0 Å². The van der Waals surface area contributed by atoms with Crippen molar-refractivity contribution in [2.24, 2.45) is 0 Å². The normalized spacial score (nSPS) is 17.5. The van der Waals surface area contributed by atoms with Gasteiger partial charge in [-0.2, -0.15) is 0 Å². The van der Waals surface area contributed by atoms with Crippen molar-refractivity contribution in [2.75, 3.05) is 72.9 Å². The number of rotatable bonds is 10. The first kappa shape index (κ1) is 14.9. The quantitative estimate of drug-likeness (QED) is 0.548. The molecule has 0 aromatic heterocycles. The number of ether oxygens (including phenoxy) is 3. The number of morpholine rings is 1. The van der Waals surface area contributed by atoms with Crippen LogP contribution >= 0.6 is 0 Å². The SMILES string of the molecule is COCCCOCCNCCN1CCOCC1. The van der Waals surface area contributed by atoms with Crippen molar-refractivity contribution < 1.29 is 14.2 Å². The largest absolute Gasteiger partial charge is 0.385 e. The Morgan fingerprint density at radius 2 is 1.94 bits per heavy atom. The van der Waals surface area contributed by atoms with Crippen LogP contribution < -0.4 is 5.32 Å². The van der Waals surface area contributed by atoms with Gasteiger partial charge in [0.2, 0.25) is 0 Å². The van der Waals surface area contributed by atoms with E-state index in [4.69, 9.17) is 14.2 Å². The first-order chi connectivity index (χ1) is 8.43. The molecule has 0 amide bonds. The molecule has 102 valence electrons. The highest BCUT2D eigenvalue weighted by atomic mass is 16.5. The van der Waals surface area contributed by atoms with Crippen molar-refractivity contribution in [3.63, 3.8) is 0 Å². The van der Waals surface area contributed by atoms with E-state index in [0.717, 1.165) is 72.2 Å². The highest BCUT2D eigenvalue weighted by Gasteiger charge is 2.08. The van der Waals surface area contributed by atoms with Gasteiger partial charge in [0.25, 0.3) is 0 Å². The fourth-order valence-electron chi connectivity index (χ4n) is 1.74. The summed E-state index contributed by atoms with van der Waals surface area (Å²) in [4.78, 5) is 2.43. The van der Waals surface area contributed by atoms with Gasteiger partial charge in [-0.3, -0.25) is 4.90 Å². The van der Waals surface area contributed by atoms with Crippen molar-refractivity contribution in [3.8, 4) is 0 Å². The topological polar surface area (TPSA) is 43.0 Å². The Bertz CT molecular complexity index is 164. The van der Waals surface area contributed by atoms with E-state index < -0.39 is 0 Å². The third kappa shape index (κ3) is 8.51. The molecule has 0 atom stereocenters. The minimum atomic E-state index is 0.782. The Hall–Kier alpha value is -0.200. The molecule has 0 radical (unpaired) electrons. The minimum Gasteiger partial charge on any atom is -0.385 e. The molecular weight excluding hydrogens is 220 g/mol. The van der Waals surface area contributed by atoms with Gasteiger partial charge in [-0.05, 0) is 6.42 Å². The average Bonchev–Trinajstić information content (AvgIpc) is 2.38. The van der Waals surface area contributed by atoms with E-state index in [2.05, 4.69) is 10.2 Å². The van der Waals surface area contributed by atoms with Crippen LogP contribution in [-0.4, -0.2) is 77.8 Å². The molecule has 17 heavy (non-hydrogen) atoms. The smallest absolute Gasteiger partial charge is 0.0594 e. The molecule has 1 aliphatic heterocycles. The molecule has 1 saturated heterocycles. The predicted molar refractivity (Wildman–Crippen MR) is 67.4 cm³/mol. The van der Waals surface area contributed by atoms with Gasteiger partial charge in [-0.1, -0.05) is 0 Å². The van der Waals surface area contributed by atoms with Gasteiger partial charge >= 0.3 is 0 Å². The van der Waals surface area contributed by atoms with Crippen LogP contribution in [0.2, 0.25) is 0 Å². The van der Waals surface area contributed by atoms with Gasteiger partial charge in [0.15, 0.2) is 0 Å². The highest BCUT2D eigenvalue weighted by molar-refractivity contribution is 4.62. The van der Waals surface area contributed by atoms with E-state index in [9.17, 15) is 0 Å². The lowest BCUT2D eigenvalue weighted by Crippen LogP contribution is -2.40. The standard InChI is InChI=1S/C12H26N2O3/c1-15-8-2-9-16-10-4-13-3-5-14-6-11-17-12-7-14/h13H,2-12H2,1H3. The molecule has 1 aliphatic rings. The molecule has 5 heteroatoms. The lowest BCUT2D eigenvalue weighted by molar-refractivity contribution is 0.0380. The molecule has 0 aromatic rings. The number of hydrogen-bond acceptors (Lipinski definition) is 5. The van der Waals surface area contributed by atoms with Gasteiger partial charge < -0.3 is 19.5 Å². The molecule has 5 nitrogen and oxygen atoms in total. The maximum absolute atomic E-state index is 5.45. The average molecular weight is 246 g/mol. The van der Waals surface area contributed by atoms with E-state index in [1.54, 1.807) is 7.11 Å². The minimum absolute atomic E-state index is 0.782. The Labute approximate surface area is 104 Å². The van der Waals surface area contributed by atoms with Crippen LogP contribution in [0, 0.1) is 0 Å². The number of hydrogen-bond donors (Lipinski definition) is 1. The van der Waals surface area contributed by atoms with Crippen LogP contribution in [0.3, 0.4) is 0 Å². The molecule has 0 spiro atoms. The number of methoxy groups -OCH3 is 1. The summed E-state index contributed by atoms with van der Waals surface area (Å²) in [6.45, 7) is 9.30. The van der Waals surface area contributed by atoms with Crippen LogP contribution in [0.4, 0.5) is 0 Å². The number of nitrogens with zero attached hydrogens (tertiary/aromatic N) is 1. The highest BCUT2D eigenvalue weighted by Crippen LogP contribution is 1.94. The summed E-state index contributed by atoms with van der Waals surface area (Å²) in [5, 5.41) is 3.38. The van der Waals surface area contributed by atoms with Crippen LogP contribution in [-0.2, 0) is 14.2 Å². The molecule has 1 heterocycles. The molecule has 0 unspecified atom stereocenters. The molecule has 1 rings (SSSR count). The summed E-state index contributed by atoms with van der Waals surface area (Å²) in [6, 6.07) is 0. The molecule has 0 aromatic carbocycles. The zero-order chi connectivity index (χ0) is 12.2. The molecule has 1 N–H and O–H groups in total. The summed E-state index contributed by atoms with van der Waals surface area (Å²) < 4.78 is 15.7. The summed E-state index contributed by atoms with van der Waals surface area (Å²) >= 11 is 0. The van der Waals surface area contributed by atoms with Crippen LogP contribution in [0.25, 0.3) is 0 Å². The zero-order valence-corrected chi connectivity index (χ0v) is 11.0. The van der Waals surface area contributed by atoms with E-state index in [1.165, 1.54) is 0 Å².